The zero-order chi connectivity index (χ0) is 16.0. The number of hydrogen-bond acceptors (Lipinski definition) is 3. The second-order valence-electron chi connectivity index (χ2n) is 7.69. The van der Waals surface area contributed by atoms with Gasteiger partial charge in [-0.3, -0.25) is 0 Å². The van der Waals surface area contributed by atoms with Crippen molar-refractivity contribution in [3.63, 3.8) is 0 Å². The molecule has 0 spiro atoms. The van der Waals surface area contributed by atoms with Gasteiger partial charge in [0.1, 0.15) is 18.1 Å². The summed E-state index contributed by atoms with van der Waals surface area (Å²) < 4.78 is 17.8. The Hall–Kier alpha value is -1.26. The summed E-state index contributed by atoms with van der Waals surface area (Å²) in [5.41, 5.74) is 3.91. The summed E-state index contributed by atoms with van der Waals surface area (Å²) in [6, 6.07) is 6.31. The van der Waals surface area contributed by atoms with E-state index in [0.29, 0.717) is 13.2 Å². The number of fused-ring (bicyclic) bond motifs is 2. The van der Waals surface area contributed by atoms with Crippen LogP contribution in [0.25, 0.3) is 5.57 Å². The van der Waals surface area contributed by atoms with E-state index in [-0.39, 0.29) is 5.04 Å². The molecule has 0 N–H and O–H groups in total. The number of rotatable bonds is 2. The maximum Gasteiger partial charge on any atom is 0.250 e. The van der Waals surface area contributed by atoms with Gasteiger partial charge >= 0.3 is 0 Å². The maximum atomic E-state index is 6.39. The zero-order valence-electron chi connectivity index (χ0n) is 14.3. The van der Waals surface area contributed by atoms with Crippen LogP contribution in [0.3, 0.4) is 0 Å². The van der Waals surface area contributed by atoms with Gasteiger partial charge in [0.25, 0.3) is 0 Å². The topological polar surface area (TPSA) is 27.7 Å². The average Bonchev–Trinajstić information content (AvgIpc) is 2.45. The van der Waals surface area contributed by atoms with E-state index in [0.717, 1.165) is 24.5 Å². The fraction of sp³-hybridized carbons (Fsp3) is 0.556. The third-order valence-electron chi connectivity index (χ3n) is 5.06. The molecule has 2 aliphatic heterocycles. The van der Waals surface area contributed by atoms with Crippen molar-refractivity contribution in [2.45, 2.75) is 45.3 Å². The molecule has 3 nitrogen and oxygen atoms in total. The van der Waals surface area contributed by atoms with Gasteiger partial charge in [-0.2, -0.15) is 0 Å². The first-order chi connectivity index (χ1) is 10.3. The largest absolute Gasteiger partial charge is 0.543 e. The molecule has 0 saturated carbocycles. The van der Waals surface area contributed by atoms with E-state index >= 15 is 0 Å². The molecule has 3 rings (SSSR count). The molecule has 4 heteroatoms. The Morgan fingerprint density at radius 2 is 1.91 bits per heavy atom. The van der Waals surface area contributed by atoms with Crippen molar-refractivity contribution in [2.24, 2.45) is 0 Å². The Morgan fingerprint density at radius 1 is 1.14 bits per heavy atom. The summed E-state index contributed by atoms with van der Waals surface area (Å²) in [5, 5.41) is 0.195. The predicted molar refractivity (Wildman–Crippen MR) is 92.1 cm³/mol. The van der Waals surface area contributed by atoms with E-state index in [1.807, 2.05) is 0 Å². The lowest BCUT2D eigenvalue weighted by atomic mass is 9.93. The van der Waals surface area contributed by atoms with Crippen LogP contribution in [0.2, 0.25) is 18.1 Å². The minimum absolute atomic E-state index is 0.195. The second-order valence-corrected chi connectivity index (χ2v) is 12.4. The second kappa shape index (κ2) is 5.43. The minimum atomic E-state index is -1.81. The monoisotopic (exact) mass is 318 g/mol. The third kappa shape index (κ3) is 2.82. The van der Waals surface area contributed by atoms with E-state index in [1.165, 1.54) is 16.7 Å². The fourth-order valence-electron chi connectivity index (χ4n) is 2.63. The van der Waals surface area contributed by atoms with Crippen molar-refractivity contribution in [1.82, 2.24) is 0 Å². The number of hydrogen-bond donors (Lipinski definition) is 0. The van der Waals surface area contributed by atoms with Crippen molar-refractivity contribution < 1.29 is 13.9 Å². The van der Waals surface area contributed by atoms with E-state index < -0.39 is 8.32 Å². The molecule has 0 bridgehead atoms. The van der Waals surface area contributed by atoms with Gasteiger partial charge in [0.15, 0.2) is 0 Å². The highest BCUT2D eigenvalue weighted by atomic mass is 28.4. The quantitative estimate of drug-likeness (QED) is 0.744. The Bertz CT molecular complexity index is 611. The summed E-state index contributed by atoms with van der Waals surface area (Å²) >= 11 is 0. The van der Waals surface area contributed by atoms with Crippen LogP contribution in [0.15, 0.2) is 23.8 Å². The summed E-state index contributed by atoms with van der Waals surface area (Å²) in [6.07, 6.45) is 0.980. The van der Waals surface area contributed by atoms with Crippen LogP contribution in [0, 0.1) is 0 Å². The highest BCUT2D eigenvalue weighted by molar-refractivity contribution is 6.74. The molecule has 2 heterocycles. The Kier molecular flexibility index (Phi) is 3.85. The first-order valence-corrected chi connectivity index (χ1v) is 10.9. The molecule has 1 aromatic rings. The average molecular weight is 318 g/mol. The van der Waals surface area contributed by atoms with Crippen LogP contribution >= 0.6 is 0 Å². The molecule has 120 valence electrons. The fourth-order valence-corrected chi connectivity index (χ4v) is 3.66. The van der Waals surface area contributed by atoms with Gasteiger partial charge in [-0.25, -0.2) is 0 Å². The van der Waals surface area contributed by atoms with Gasteiger partial charge in [-0.15, -0.1) is 0 Å². The summed E-state index contributed by atoms with van der Waals surface area (Å²) in [7, 11) is -1.81. The van der Waals surface area contributed by atoms with Gasteiger partial charge < -0.3 is 13.9 Å². The molecular formula is C18H26O3Si. The molecule has 0 fully saturated rings. The molecule has 1 aromatic carbocycles. The lowest BCUT2D eigenvalue weighted by Gasteiger charge is -2.36. The van der Waals surface area contributed by atoms with Crippen LogP contribution in [0.1, 0.15) is 32.8 Å². The van der Waals surface area contributed by atoms with Crippen molar-refractivity contribution >= 4 is 13.9 Å². The lowest BCUT2D eigenvalue weighted by Crippen LogP contribution is -2.43. The van der Waals surface area contributed by atoms with Crippen molar-refractivity contribution in [2.75, 3.05) is 19.8 Å². The van der Waals surface area contributed by atoms with Gasteiger partial charge in [-0.05, 0) is 47.8 Å². The maximum absolute atomic E-state index is 6.39. The molecule has 0 aromatic heterocycles. The molecule has 0 radical (unpaired) electrons. The predicted octanol–water partition coefficient (Wildman–Crippen LogP) is 4.64. The molecule has 0 atom stereocenters. The highest BCUT2D eigenvalue weighted by Gasteiger charge is 2.39. The van der Waals surface area contributed by atoms with Crippen molar-refractivity contribution in [1.29, 1.82) is 0 Å². The standard InChI is InChI=1S/C18H26O3Si/c1-18(2,3)22(4,5)21-14-6-7-16-15-8-9-19-11-13(15)12-20-17(16)10-14/h6-7,10H,8-9,11-12H2,1-5H3. The SMILES string of the molecule is CC(C)(C)[Si](C)(C)Oc1ccc2c(c1)OCC1=C2CCOC1. The van der Waals surface area contributed by atoms with Gasteiger partial charge in [0, 0.05) is 11.6 Å². The van der Waals surface area contributed by atoms with Crippen LogP contribution in [-0.2, 0) is 4.74 Å². The molecular weight excluding hydrogens is 292 g/mol. The van der Waals surface area contributed by atoms with E-state index in [2.05, 4.69) is 52.1 Å². The van der Waals surface area contributed by atoms with Gasteiger partial charge in [0.05, 0.1) is 13.2 Å². The van der Waals surface area contributed by atoms with Gasteiger partial charge in [-0.1, -0.05) is 20.8 Å². The number of ether oxygens (including phenoxy) is 2. The lowest BCUT2D eigenvalue weighted by molar-refractivity contribution is 0.142. The molecule has 0 unspecified atom stereocenters. The summed E-state index contributed by atoms with van der Waals surface area (Å²) in [5.74, 6) is 1.89. The Morgan fingerprint density at radius 3 is 2.64 bits per heavy atom. The molecule has 2 aliphatic rings. The van der Waals surface area contributed by atoms with E-state index in [9.17, 15) is 0 Å². The van der Waals surface area contributed by atoms with Crippen LogP contribution in [0.4, 0.5) is 0 Å². The van der Waals surface area contributed by atoms with Crippen LogP contribution in [-0.4, -0.2) is 28.1 Å². The van der Waals surface area contributed by atoms with Crippen LogP contribution in [0.5, 0.6) is 11.5 Å². The highest BCUT2D eigenvalue weighted by Crippen LogP contribution is 2.41. The minimum Gasteiger partial charge on any atom is -0.543 e. The molecule has 22 heavy (non-hydrogen) atoms. The summed E-state index contributed by atoms with van der Waals surface area (Å²) in [4.78, 5) is 0. The smallest absolute Gasteiger partial charge is 0.250 e. The number of benzene rings is 1. The Balaban J connectivity index is 1.88. The molecule has 0 amide bonds. The molecule has 0 aliphatic carbocycles. The van der Waals surface area contributed by atoms with Crippen molar-refractivity contribution in [3.05, 3.63) is 29.3 Å². The first kappa shape index (κ1) is 15.6. The van der Waals surface area contributed by atoms with Crippen molar-refractivity contribution in [3.8, 4) is 11.5 Å². The first-order valence-electron chi connectivity index (χ1n) is 8.03. The normalized spacial score (nSPS) is 18.4. The Labute approximate surface area is 134 Å². The third-order valence-corrected chi connectivity index (χ3v) is 9.42. The van der Waals surface area contributed by atoms with E-state index in [4.69, 9.17) is 13.9 Å². The van der Waals surface area contributed by atoms with Gasteiger partial charge in [0.2, 0.25) is 8.32 Å². The molecule has 0 saturated heterocycles. The van der Waals surface area contributed by atoms with Crippen LogP contribution < -0.4 is 9.16 Å². The van der Waals surface area contributed by atoms with E-state index in [1.54, 1.807) is 0 Å². The zero-order valence-corrected chi connectivity index (χ0v) is 15.3. The summed E-state index contributed by atoms with van der Waals surface area (Å²) in [6.45, 7) is 13.5.